The van der Waals surface area contributed by atoms with Crippen LogP contribution in [0.15, 0.2) is 291 Å². The molecule has 0 amide bonds. The molecule has 0 N–H and O–H groups in total. The lowest BCUT2D eigenvalue weighted by molar-refractivity contribution is 0.953. The van der Waals surface area contributed by atoms with E-state index in [2.05, 4.69) is 305 Å². The third kappa shape index (κ3) is 6.22. The standard InChI is InChI=1S/C75H48N6Si2/c1-5-23-51(24-6-1)82(52-25-7-2-8-26-52)67-45-43-49(47-65(67)79-61-37-17-15-33-57(61)59-35-21-41-69(82)71(59)79)73-76-74(78-75(77-73)81-63-39-19-13-31-55(63)56-32-14-20-40-64(56)81)50-44-46-68-66(48-50)80-62-38-18-16-34-58(62)60-36-22-42-70(72(60)80)83(68,53-27-9-3-10-28-53)54-29-11-4-12-30-54/h1-48H. The lowest BCUT2D eigenvalue weighted by Gasteiger charge is -2.40. The summed E-state index contributed by atoms with van der Waals surface area (Å²) in [6, 6.07) is 108. The van der Waals surface area contributed by atoms with Crippen molar-refractivity contribution < 1.29 is 0 Å². The summed E-state index contributed by atoms with van der Waals surface area (Å²) in [5.41, 5.74) is 11.0. The van der Waals surface area contributed by atoms with E-state index >= 15 is 0 Å². The van der Waals surface area contributed by atoms with E-state index in [4.69, 9.17) is 15.0 Å². The SMILES string of the molecule is c1ccc([Si]2(c3ccccc3)c3ccc(-c4nc(-c5ccc6c(c5)-n5c7ccccc7c7cccc(c75)[Si]6(c5ccccc5)c5ccccc5)nc(-n5c6ccccc6c6ccccc65)n4)cc3-n3c4ccccc4c4cccc2c43)cc1. The minimum absolute atomic E-state index is 0.561. The summed E-state index contributed by atoms with van der Waals surface area (Å²) in [5.74, 6) is 1.76. The first-order valence-electron chi connectivity index (χ1n) is 28.5. The molecule has 6 heterocycles. The van der Waals surface area contributed by atoms with Gasteiger partial charge in [-0.1, -0.05) is 255 Å². The zero-order valence-electron chi connectivity index (χ0n) is 44.9. The fourth-order valence-corrected chi connectivity index (χ4v) is 25.2. The Bertz CT molecular complexity index is 4930. The maximum absolute atomic E-state index is 5.70. The van der Waals surface area contributed by atoms with Crippen LogP contribution in [0, 0.1) is 0 Å². The summed E-state index contributed by atoms with van der Waals surface area (Å²) in [4.78, 5) is 17.0. The highest BCUT2D eigenvalue weighted by Crippen LogP contribution is 2.40. The van der Waals surface area contributed by atoms with Crippen LogP contribution in [0.5, 0.6) is 0 Å². The molecule has 0 spiro atoms. The van der Waals surface area contributed by atoms with Crippen molar-refractivity contribution in [1.82, 2.24) is 28.7 Å². The lowest BCUT2D eigenvalue weighted by Crippen LogP contribution is -2.76. The van der Waals surface area contributed by atoms with E-state index in [1.165, 1.54) is 85.1 Å². The maximum atomic E-state index is 5.70. The molecule has 0 atom stereocenters. The normalized spacial score (nSPS) is 13.7. The predicted octanol–water partition coefficient (Wildman–Crippen LogP) is 11.9. The van der Waals surface area contributed by atoms with Crippen LogP contribution in [0.1, 0.15) is 0 Å². The van der Waals surface area contributed by atoms with E-state index in [-0.39, 0.29) is 0 Å². The van der Waals surface area contributed by atoms with Gasteiger partial charge < -0.3 is 9.13 Å². The monoisotopic (exact) mass is 1090 g/mol. The van der Waals surface area contributed by atoms with Crippen LogP contribution < -0.4 is 41.5 Å². The quantitative estimate of drug-likeness (QED) is 0.149. The number of benzene rings is 12. The van der Waals surface area contributed by atoms with Crippen LogP contribution in [-0.4, -0.2) is 44.8 Å². The third-order valence-corrected chi connectivity index (χ3v) is 27.9. The molecular weight excluding hydrogens is 1040 g/mol. The number of nitrogens with zero attached hydrogens (tertiary/aromatic N) is 6. The molecule has 12 aromatic carbocycles. The fourth-order valence-electron chi connectivity index (χ4n) is 15.0. The van der Waals surface area contributed by atoms with Gasteiger partial charge >= 0.3 is 0 Å². The molecule has 2 aliphatic rings. The molecule has 0 aliphatic carbocycles. The van der Waals surface area contributed by atoms with Crippen LogP contribution in [0.4, 0.5) is 0 Å². The van der Waals surface area contributed by atoms with E-state index < -0.39 is 16.1 Å². The second-order valence-electron chi connectivity index (χ2n) is 22.2. The van der Waals surface area contributed by atoms with E-state index in [0.717, 1.165) is 44.3 Å². The Kier molecular flexibility index (Phi) is 9.75. The number of fused-ring (bicyclic) bond motifs is 13. The van der Waals surface area contributed by atoms with Gasteiger partial charge in [0.25, 0.3) is 0 Å². The molecule has 8 heteroatoms. The molecule has 0 bridgehead atoms. The van der Waals surface area contributed by atoms with Crippen LogP contribution in [0.2, 0.25) is 0 Å². The highest BCUT2D eigenvalue weighted by Gasteiger charge is 2.49. The van der Waals surface area contributed by atoms with Gasteiger partial charge in [0, 0.05) is 54.8 Å². The first-order chi connectivity index (χ1) is 41.2. The van der Waals surface area contributed by atoms with Gasteiger partial charge in [-0.15, -0.1) is 0 Å². The number of aromatic nitrogens is 6. The van der Waals surface area contributed by atoms with E-state index in [0.29, 0.717) is 17.6 Å². The molecule has 6 nitrogen and oxygen atoms in total. The largest absolute Gasteiger partial charge is 0.309 e. The smallest absolute Gasteiger partial charge is 0.238 e. The average Bonchev–Trinajstić information content (AvgIpc) is 1.90. The Morgan fingerprint density at radius 2 is 0.554 bits per heavy atom. The predicted molar refractivity (Wildman–Crippen MR) is 348 cm³/mol. The maximum Gasteiger partial charge on any atom is 0.238 e. The summed E-state index contributed by atoms with van der Waals surface area (Å²) in [7, 11) is -5.97. The minimum atomic E-state index is -2.98. The van der Waals surface area contributed by atoms with Crippen molar-refractivity contribution in [3.05, 3.63) is 291 Å². The minimum Gasteiger partial charge on any atom is -0.309 e. The van der Waals surface area contributed by atoms with Gasteiger partial charge in [-0.05, 0) is 77.9 Å². The molecular formula is C75H48N6Si2. The molecule has 16 aromatic rings. The highest BCUT2D eigenvalue weighted by molar-refractivity contribution is 7.22. The number of para-hydroxylation sites is 6. The van der Waals surface area contributed by atoms with Crippen molar-refractivity contribution in [2.45, 2.75) is 0 Å². The second-order valence-corrected chi connectivity index (χ2v) is 29.7. The van der Waals surface area contributed by atoms with Gasteiger partial charge in [0.15, 0.2) is 27.8 Å². The Morgan fingerprint density at radius 3 is 0.928 bits per heavy atom. The Morgan fingerprint density at radius 1 is 0.241 bits per heavy atom. The summed E-state index contributed by atoms with van der Waals surface area (Å²) in [6.07, 6.45) is 0. The van der Waals surface area contributed by atoms with Crippen molar-refractivity contribution in [1.29, 1.82) is 0 Å². The fraction of sp³-hybridized carbons (Fsp3) is 0. The van der Waals surface area contributed by atoms with E-state index in [1.807, 2.05) is 0 Å². The van der Waals surface area contributed by atoms with Gasteiger partial charge in [-0.2, -0.15) is 9.97 Å². The molecule has 0 fully saturated rings. The van der Waals surface area contributed by atoms with E-state index in [9.17, 15) is 0 Å². The number of hydrogen-bond donors (Lipinski definition) is 0. The molecule has 83 heavy (non-hydrogen) atoms. The molecule has 0 saturated heterocycles. The number of rotatable bonds is 7. The van der Waals surface area contributed by atoms with Crippen LogP contribution >= 0.6 is 0 Å². The van der Waals surface area contributed by atoms with Gasteiger partial charge in [0.05, 0.1) is 33.1 Å². The van der Waals surface area contributed by atoms with Crippen molar-refractivity contribution in [2.75, 3.05) is 0 Å². The van der Waals surface area contributed by atoms with Crippen molar-refractivity contribution >= 4 is 123 Å². The van der Waals surface area contributed by atoms with E-state index in [1.54, 1.807) is 0 Å². The molecule has 0 saturated carbocycles. The Labute approximate surface area is 480 Å². The van der Waals surface area contributed by atoms with Crippen LogP contribution in [0.25, 0.3) is 106 Å². The average molecular weight is 1090 g/mol. The molecule has 2 aliphatic heterocycles. The summed E-state index contributed by atoms with van der Waals surface area (Å²) in [5, 5.41) is 18.0. The molecule has 0 unspecified atom stereocenters. The molecule has 0 radical (unpaired) electrons. The van der Waals surface area contributed by atoms with Gasteiger partial charge in [-0.25, -0.2) is 4.98 Å². The summed E-state index contributed by atoms with van der Waals surface area (Å²) in [6.45, 7) is 0. The lowest BCUT2D eigenvalue weighted by atomic mass is 10.1. The van der Waals surface area contributed by atoms with Gasteiger partial charge in [0.2, 0.25) is 5.95 Å². The zero-order valence-corrected chi connectivity index (χ0v) is 46.9. The first kappa shape index (κ1) is 46.3. The molecule has 386 valence electrons. The Balaban J connectivity index is 0.942. The van der Waals surface area contributed by atoms with Crippen molar-refractivity contribution in [3.63, 3.8) is 0 Å². The van der Waals surface area contributed by atoms with Gasteiger partial charge in [0.1, 0.15) is 0 Å². The zero-order chi connectivity index (χ0) is 54.4. The topological polar surface area (TPSA) is 53.5 Å². The van der Waals surface area contributed by atoms with Crippen LogP contribution in [0.3, 0.4) is 0 Å². The first-order valence-corrected chi connectivity index (χ1v) is 32.5. The van der Waals surface area contributed by atoms with Gasteiger partial charge in [-0.3, -0.25) is 4.57 Å². The summed E-state index contributed by atoms with van der Waals surface area (Å²) < 4.78 is 7.30. The van der Waals surface area contributed by atoms with Crippen LogP contribution in [-0.2, 0) is 0 Å². The number of hydrogen-bond acceptors (Lipinski definition) is 3. The Hall–Kier alpha value is -10.5. The van der Waals surface area contributed by atoms with Crippen molar-refractivity contribution in [3.8, 4) is 40.1 Å². The summed E-state index contributed by atoms with van der Waals surface area (Å²) >= 11 is 0. The second kappa shape index (κ2) is 17.5. The third-order valence-electron chi connectivity index (χ3n) is 18.2. The molecule has 18 rings (SSSR count). The highest BCUT2D eigenvalue weighted by atomic mass is 28.3. The molecule has 4 aromatic heterocycles. The van der Waals surface area contributed by atoms with Crippen molar-refractivity contribution in [2.24, 2.45) is 0 Å².